The number of carbonyl (C=O) groups is 2. The van der Waals surface area contributed by atoms with Crippen LogP contribution in [-0.4, -0.2) is 45.9 Å². The molecule has 0 aliphatic carbocycles. The van der Waals surface area contributed by atoms with Gasteiger partial charge in [0.2, 0.25) is 0 Å². The van der Waals surface area contributed by atoms with Gasteiger partial charge < -0.3 is 9.64 Å². The number of rotatable bonds is 6. The number of nitrogens with zero attached hydrogens (tertiary/aromatic N) is 3. The molecule has 1 aliphatic rings. The van der Waals surface area contributed by atoms with Crippen LogP contribution >= 0.6 is 22.7 Å². The lowest BCUT2D eigenvalue weighted by atomic mass is 9.97. The maximum Gasteiger partial charge on any atom is 0.276 e. The average Bonchev–Trinajstić information content (AvgIpc) is 3.40. The zero-order chi connectivity index (χ0) is 23.5. The Bertz CT molecular complexity index is 1110. The number of benzene rings is 1. The first-order chi connectivity index (χ1) is 15.8. The van der Waals surface area contributed by atoms with Gasteiger partial charge >= 0.3 is 0 Å². The predicted molar refractivity (Wildman–Crippen MR) is 132 cm³/mol. The van der Waals surface area contributed by atoms with Crippen molar-refractivity contribution in [1.82, 2.24) is 14.9 Å². The van der Waals surface area contributed by atoms with Crippen LogP contribution in [0.25, 0.3) is 0 Å². The number of nitrogens with one attached hydrogen (secondary N) is 1. The Balaban J connectivity index is 1.32. The average molecular weight is 485 g/mol. The molecule has 174 valence electrons. The first-order valence-corrected chi connectivity index (χ1v) is 12.8. The molecule has 3 heterocycles. The highest BCUT2D eigenvalue weighted by Gasteiger charge is 2.27. The molecule has 33 heavy (non-hydrogen) atoms. The standard InChI is InChI=1S/C24H28N4O3S2/c1-14(2)31-19-7-5-18(6-8-19)23(30)28-11-9-17(10-12-28)22-26-20(13-32-22)21(29)27-24-25-15(3)16(4)33-24/h5-8,13-14,17H,9-12H2,1-4H3,(H,25,27,29). The summed E-state index contributed by atoms with van der Waals surface area (Å²) in [5, 5.41) is 6.19. The van der Waals surface area contributed by atoms with Gasteiger partial charge in [-0.3, -0.25) is 14.9 Å². The number of thiazole rings is 2. The molecule has 1 aliphatic heterocycles. The number of hydrogen-bond donors (Lipinski definition) is 1. The van der Waals surface area contributed by atoms with Gasteiger partial charge in [-0.05, 0) is 64.8 Å². The number of aryl methyl sites for hydroxylation is 2. The molecule has 1 N–H and O–H groups in total. The lowest BCUT2D eigenvalue weighted by molar-refractivity contribution is 0.0713. The van der Waals surface area contributed by atoms with E-state index in [0.29, 0.717) is 29.5 Å². The van der Waals surface area contributed by atoms with Crippen molar-refractivity contribution in [3.8, 4) is 5.75 Å². The van der Waals surface area contributed by atoms with E-state index >= 15 is 0 Å². The minimum absolute atomic E-state index is 0.0396. The SMILES string of the molecule is Cc1nc(NC(=O)c2csc(C3CCN(C(=O)c4ccc(OC(C)C)cc4)CC3)n2)sc1C. The molecule has 2 aromatic heterocycles. The molecule has 1 fully saturated rings. The van der Waals surface area contributed by atoms with E-state index in [1.54, 1.807) is 5.38 Å². The third-order valence-corrected chi connectivity index (χ3v) is 7.60. The molecule has 0 spiro atoms. The van der Waals surface area contributed by atoms with E-state index < -0.39 is 0 Å². The Hall–Kier alpha value is -2.78. The highest BCUT2D eigenvalue weighted by molar-refractivity contribution is 7.15. The molecular formula is C24H28N4O3S2. The summed E-state index contributed by atoms with van der Waals surface area (Å²) in [7, 11) is 0. The molecule has 0 atom stereocenters. The minimum atomic E-state index is -0.233. The Kier molecular flexibility index (Phi) is 7.09. The van der Waals surface area contributed by atoms with Gasteiger partial charge in [0.25, 0.3) is 11.8 Å². The number of piperidine rings is 1. The molecule has 4 rings (SSSR count). The van der Waals surface area contributed by atoms with Crippen LogP contribution < -0.4 is 10.1 Å². The topological polar surface area (TPSA) is 84.4 Å². The van der Waals surface area contributed by atoms with Crippen LogP contribution in [0.5, 0.6) is 5.75 Å². The van der Waals surface area contributed by atoms with E-state index in [4.69, 9.17) is 4.74 Å². The fraction of sp³-hybridized carbons (Fsp3) is 0.417. The summed E-state index contributed by atoms with van der Waals surface area (Å²) in [5.74, 6) is 0.831. The highest BCUT2D eigenvalue weighted by Crippen LogP contribution is 2.31. The molecule has 0 bridgehead atoms. The van der Waals surface area contributed by atoms with E-state index in [-0.39, 0.29) is 23.8 Å². The Morgan fingerprint density at radius 1 is 1.12 bits per heavy atom. The summed E-state index contributed by atoms with van der Waals surface area (Å²) >= 11 is 2.97. The predicted octanol–water partition coefficient (Wildman–Crippen LogP) is 5.28. The lowest BCUT2D eigenvalue weighted by Gasteiger charge is -2.31. The zero-order valence-electron chi connectivity index (χ0n) is 19.3. The van der Waals surface area contributed by atoms with Crippen LogP contribution in [0.4, 0.5) is 5.13 Å². The molecule has 1 aromatic carbocycles. The Labute approximate surface area is 201 Å². The number of anilines is 1. The molecule has 0 radical (unpaired) electrons. The number of aromatic nitrogens is 2. The fourth-order valence-electron chi connectivity index (χ4n) is 3.73. The van der Waals surface area contributed by atoms with Gasteiger partial charge in [0.15, 0.2) is 5.13 Å². The van der Waals surface area contributed by atoms with Gasteiger partial charge in [0.05, 0.1) is 16.8 Å². The van der Waals surface area contributed by atoms with Crippen molar-refractivity contribution in [3.63, 3.8) is 0 Å². The first-order valence-electron chi connectivity index (χ1n) is 11.1. The second-order valence-corrected chi connectivity index (χ2v) is 10.5. The number of hydrogen-bond acceptors (Lipinski definition) is 7. The molecule has 1 saturated heterocycles. The van der Waals surface area contributed by atoms with Crippen molar-refractivity contribution in [2.24, 2.45) is 0 Å². The van der Waals surface area contributed by atoms with Crippen molar-refractivity contribution in [3.05, 3.63) is 56.5 Å². The van der Waals surface area contributed by atoms with Gasteiger partial charge in [0, 0.05) is 34.8 Å². The Morgan fingerprint density at radius 3 is 2.42 bits per heavy atom. The normalized spacial score (nSPS) is 14.5. The summed E-state index contributed by atoms with van der Waals surface area (Å²) < 4.78 is 5.65. The summed E-state index contributed by atoms with van der Waals surface area (Å²) in [4.78, 5) is 37.4. The van der Waals surface area contributed by atoms with E-state index in [1.807, 2.05) is 56.9 Å². The summed E-state index contributed by atoms with van der Waals surface area (Å²) in [6, 6.07) is 7.33. The van der Waals surface area contributed by atoms with E-state index in [0.717, 1.165) is 34.2 Å². The van der Waals surface area contributed by atoms with Gasteiger partial charge in [-0.1, -0.05) is 0 Å². The molecule has 0 saturated carbocycles. The summed E-state index contributed by atoms with van der Waals surface area (Å²) in [5.41, 5.74) is 2.02. The quantitative estimate of drug-likeness (QED) is 0.515. The zero-order valence-corrected chi connectivity index (χ0v) is 20.9. The number of ether oxygens (including phenoxy) is 1. The maximum atomic E-state index is 12.9. The molecular weight excluding hydrogens is 456 g/mol. The van der Waals surface area contributed by atoms with Crippen LogP contribution in [0.2, 0.25) is 0 Å². The fourth-order valence-corrected chi connectivity index (χ4v) is 5.51. The van der Waals surface area contributed by atoms with Gasteiger partial charge in [-0.25, -0.2) is 9.97 Å². The molecule has 3 aromatic rings. The van der Waals surface area contributed by atoms with Crippen LogP contribution in [0, 0.1) is 13.8 Å². The van der Waals surface area contributed by atoms with Crippen molar-refractivity contribution in [2.75, 3.05) is 18.4 Å². The van der Waals surface area contributed by atoms with Crippen LogP contribution in [0.1, 0.15) is 69.0 Å². The second-order valence-electron chi connectivity index (χ2n) is 8.44. The molecule has 0 unspecified atom stereocenters. The first kappa shape index (κ1) is 23.4. The largest absolute Gasteiger partial charge is 0.491 e. The number of carbonyl (C=O) groups excluding carboxylic acids is 2. The summed E-state index contributed by atoms with van der Waals surface area (Å²) in [6.45, 7) is 9.21. The van der Waals surface area contributed by atoms with Gasteiger partial charge in [-0.15, -0.1) is 22.7 Å². The monoisotopic (exact) mass is 484 g/mol. The third-order valence-electron chi connectivity index (χ3n) is 5.61. The molecule has 9 heteroatoms. The summed E-state index contributed by atoms with van der Waals surface area (Å²) in [6.07, 6.45) is 1.77. The van der Waals surface area contributed by atoms with Crippen LogP contribution in [-0.2, 0) is 0 Å². The van der Waals surface area contributed by atoms with E-state index in [9.17, 15) is 9.59 Å². The minimum Gasteiger partial charge on any atom is -0.491 e. The Morgan fingerprint density at radius 2 is 1.82 bits per heavy atom. The van der Waals surface area contributed by atoms with Gasteiger partial charge in [-0.2, -0.15) is 0 Å². The van der Waals surface area contributed by atoms with Crippen molar-refractivity contribution >= 4 is 39.6 Å². The second kappa shape index (κ2) is 10.0. The molecule has 2 amide bonds. The van der Waals surface area contributed by atoms with E-state index in [2.05, 4.69) is 15.3 Å². The number of amides is 2. The third kappa shape index (κ3) is 5.59. The van der Waals surface area contributed by atoms with Gasteiger partial charge in [0.1, 0.15) is 11.4 Å². The maximum absolute atomic E-state index is 12.9. The van der Waals surface area contributed by atoms with Crippen LogP contribution in [0.3, 0.4) is 0 Å². The lowest BCUT2D eigenvalue weighted by Crippen LogP contribution is -2.37. The highest BCUT2D eigenvalue weighted by atomic mass is 32.1. The van der Waals surface area contributed by atoms with Crippen molar-refractivity contribution in [2.45, 2.75) is 52.6 Å². The number of likely N-dealkylation sites (tertiary alicyclic amines) is 1. The van der Waals surface area contributed by atoms with Crippen molar-refractivity contribution < 1.29 is 14.3 Å². The smallest absolute Gasteiger partial charge is 0.276 e. The van der Waals surface area contributed by atoms with Crippen LogP contribution in [0.15, 0.2) is 29.6 Å². The van der Waals surface area contributed by atoms with Crippen molar-refractivity contribution in [1.29, 1.82) is 0 Å². The van der Waals surface area contributed by atoms with E-state index in [1.165, 1.54) is 22.7 Å². The molecule has 7 nitrogen and oxygen atoms in total.